The van der Waals surface area contributed by atoms with Crippen LogP contribution in [-0.4, -0.2) is 37.9 Å². The summed E-state index contributed by atoms with van der Waals surface area (Å²) in [4.78, 5) is 2.54. The fourth-order valence-electron chi connectivity index (χ4n) is 3.21. The van der Waals surface area contributed by atoms with Crippen LogP contribution in [0, 0.1) is 5.92 Å². The van der Waals surface area contributed by atoms with Crippen molar-refractivity contribution in [2.45, 2.75) is 32.7 Å². The minimum Gasteiger partial charge on any atom is -0.454 e. The molecule has 0 radical (unpaired) electrons. The first-order chi connectivity index (χ1) is 10.6. The molecule has 1 N–H and O–H groups in total. The second kappa shape index (κ2) is 9.93. The van der Waals surface area contributed by atoms with Gasteiger partial charge in [-0.15, -0.1) is 24.8 Å². The third-order valence-electron chi connectivity index (χ3n) is 4.46. The molecule has 0 saturated carbocycles. The Labute approximate surface area is 162 Å². The summed E-state index contributed by atoms with van der Waals surface area (Å²) in [7, 11) is 0. The van der Waals surface area contributed by atoms with Gasteiger partial charge in [0.25, 0.3) is 0 Å². The summed E-state index contributed by atoms with van der Waals surface area (Å²) in [6.07, 6.45) is 2.32. The van der Waals surface area contributed by atoms with Crippen LogP contribution in [0.5, 0.6) is 11.5 Å². The molecule has 0 spiro atoms. The molecule has 138 valence electrons. The molecule has 4 nitrogen and oxygen atoms in total. The lowest BCUT2D eigenvalue weighted by molar-refractivity contribution is 0.159. The molecule has 1 aromatic rings. The monoisotopic (exact) mass is 396 g/mol. The average Bonchev–Trinajstić information content (AvgIpc) is 2.95. The molecule has 0 unspecified atom stereocenters. The Kier molecular flexibility index (Phi) is 8.96. The van der Waals surface area contributed by atoms with Crippen LogP contribution in [0.2, 0.25) is 5.02 Å². The van der Waals surface area contributed by atoms with E-state index >= 15 is 0 Å². The second-order valence-corrected chi connectivity index (χ2v) is 6.91. The van der Waals surface area contributed by atoms with E-state index in [9.17, 15) is 0 Å². The number of hydrogen-bond donors (Lipinski definition) is 1. The van der Waals surface area contributed by atoms with Crippen LogP contribution in [-0.2, 0) is 0 Å². The summed E-state index contributed by atoms with van der Waals surface area (Å²) in [6, 6.07) is 4.34. The lowest BCUT2D eigenvalue weighted by Gasteiger charge is -2.36. The zero-order chi connectivity index (χ0) is 15.5. The van der Waals surface area contributed by atoms with Crippen LogP contribution in [0.3, 0.4) is 0 Å². The van der Waals surface area contributed by atoms with Gasteiger partial charge >= 0.3 is 0 Å². The summed E-state index contributed by atoms with van der Waals surface area (Å²) >= 11 is 6.56. The van der Waals surface area contributed by atoms with Gasteiger partial charge in [-0.05, 0) is 30.4 Å². The minimum atomic E-state index is 0. The van der Waals surface area contributed by atoms with E-state index in [-0.39, 0.29) is 24.8 Å². The van der Waals surface area contributed by atoms with Gasteiger partial charge in [0, 0.05) is 43.3 Å². The van der Waals surface area contributed by atoms with Gasteiger partial charge in [-0.1, -0.05) is 25.4 Å². The lowest BCUT2D eigenvalue weighted by atomic mass is 9.95. The molecule has 1 fully saturated rings. The number of benzene rings is 1. The molecule has 24 heavy (non-hydrogen) atoms. The van der Waals surface area contributed by atoms with Crippen molar-refractivity contribution in [3.8, 4) is 11.5 Å². The number of halogens is 3. The average molecular weight is 398 g/mol. The van der Waals surface area contributed by atoms with Crippen molar-refractivity contribution < 1.29 is 9.47 Å². The van der Waals surface area contributed by atoms with Gasteiger partial charge in [-0.3, -0.25) is 4.90 Å². The predicted octanol–water partition coefficient (Wildman–Crippen LogP) is 4.29. The van der Waals surface area contributed by atoms with Crippen molar-refractivity contribution in [2.24, 2.45) is 5.92 Å². The highest BCUT2D eigenvalue weighted by molar-refractivity contribution is 6.31. The van der Waals surface area contributed by atoms with Crippen molar-refractivity contribution in [3.05, 3.63) is 22.7 Å². The number of fused-ring (bicyclic) bond motifs is 1. The zero-order valence-corrected chi connectivity index (χ0v) is 16.6. The number of hydrogen-bond acceptors (Lipinski definition) is 4. The molecule has 3 rings (SSSR count). The number of ether oxygens (including phenoxy) is 2. The molecule has 2 aliphatic rings. The Morgan fingerprint density at radius 3 is 2.33 bits per heavy atom. The Bertz CT molecular complexity index is 523. The zero-order valence-electron chi connectivity index (χ0n) is 14.2. The fraction of sp³-hybridized carbons (Fsp3) is 0.647. The summed E-state index contributed by atoms with van der Waals surface area (Å²) < 4.78 is 11.0. The van der Waals surface area contributed by atoms with Gasteiger partial charge in [-0.25, -0.2) is 0 Å². The lowest BCUT2D eigenvalue weighted by Crippen LogP contribution is -2.45. The molecule has 0 aliphatic carbocycles. The molecule has 7 heteroatoms. The maximum Gasteiger partial charge on any atom is 0.231 e. The first-order valence-electron chi connectivity index (χ1n) is 8.19. The van der Waals surface area contributed by atoms with Gasteiger partial charge in [0.2, 0.25) is 6.79 Å². The number of piperazine rings is 1. The predicted molar refractivity (Wildman–Crippen MR) is 103 cm³/mol. The Hall–Kier alpha value is -0.390. The molecule has 2 aliphatic heterocycles. The topological polar surface area (TPSA) is 33.7 Å². The maximum absolute atomic E-state index is 6.56. The van der Waals surface area contributed by atoms with Gasteiger partial charge in [0.15, 0.2) is 11.5 Å². The van der Waals surface area contributed by atoms with Crippen LogP contribution >= 0.6 is 36.4 Å². The molecular weight excluding hydrogens is 371 g/mol. The normalized spacial score (nSPS) is 18.0. The summed E-state index contributed by atoms with van der Waals surface area (Å²) in [5, 5.41) is 4.21. The van der Waals surface area contributed by atoms with E-state index in [2.05, 4.69) is 30.1 Å². The van der Waals surface area contributed by atoms with Crippen molar-refractivity contribution >= 4 is 36.4 Å². The van der Waals surface area contributed by atoms with Crippen LogP contribution < -0.4 is 14.8 Å². The summed E-state index contributed by atoms with van der Waals surface area (Å²) in [5.74, 6) is 2.28. The Morgan fingerprint density at radius 1 is 1.08 bits per heavy atom. The smallest absolute Gasteiger partial charge is 0.231 e. The van der Waals surface area contributed by atoms with Crippen LogP contribution in [0.1, 0.15) is 38.3 Å². The molecule has 0 amide bonds. The SMILES string of the molecule is CC(C)CC[C@H](c1cc2c(cc1Cl)OCO2)N1CCNCC1.Cl.Cl. The second-order valence-electron chi connectivity index (χ2n) is 6.50. The highest BCUT2D eigenvalue weighted by Gasteiger charge is 2.27. The minimum absolute atomic E-state index is 0. The quantitative estimate of drug-likeness (QED) is 0.803. The maximum atomic E-state index is 6.56. The van der Waals surface area contributed by atoms with Crippen molar-refractivity contribution in [3.63, 3.8) is 0 Å². The first-order valence-corrected chi connectivity index (χ1v) is 8.56. The molecule has 1 saturated heterocycles. The van der Waals surface area contributed by atoms with Crippen LogP contribution in [0.4, 0.5) is 0 Å². The van der Waals surface area contributed by atoms with Gasteiger partial charge in [0.1, 0.15) is 0 Å². The molecule has 0 aromatic heterocycles. The van der Waals surface area contributed by atoms with Crippen LogP contribution in [0.25, 0.3) is 0 Å². The molecule has 1 aromatic carbocycles. The third kappa shape index (κ3) is 5.06. The fourth-order valence-corrected chi connectivity index (χ4v) is 3.49. The van der Waals surface area contributed by atoms with E-state index in [1.54, 1.807) is 0 Å². The number of nitrogens with one attached hydrogen (secondary N) is 1. The molecular formula is C17H27Cl3N2O2. The molecule has 1 atom stereocenters. The van der Waals surface area contributed by atoms with Gasteiger partial charge in [-0.2, -0.15) is 0 Å². The first kappa shape index (κ1) is 21.7. The highest BCUT2D eigenvalue weighted by Crippen LogP contribution is 2.41. The highest BCUT2D eigenvalue weighted by atomic mass is 35.5. The van der Waals surface area contributed by atoms with Crippen molar-refractivity contribution in [1.82, 2.24) is 10.2 Å². The van der Waals surface area contributed by atoms with Crippen molar-refractivity contribution in [1.29, 1.82) is 0 Å². The standard InChI is InChI=1S/C17H25ClN2O2.2ClH/c1-12(2)3-4-15(20-7-5-19-6-8-20)13-9-16-17(10-14(13)18)22-11-21-16;;/h9-10,12,15,19H,3-8,11H2,1-2H3;2*1H/t15-;;/m1../s1. The van der Waals surface area contributed by atoms with E-state index < -0.39 is 0 Å². The number of nitrogens with zero attached hydrogens (tertiary/aromatic N) is 1. The molecule has 2 heterocycles. The van der Waals surface area contributed by atoms with Gasteiger partial charge < -0.3 is 14.8 Å². The number of rotatable bonds is 5. The third-order valence-corrected chi connectivity index (χ3v) is 4.79. The van der Waals surface area contributed by atoms with Gasteiger partial charge in [0.05, 0.1) is 0 Å². The van der Waals surface area contributed by atoms with Crippen molar-refractivity contribution in [2.75, 3.05) is 33.0 Å². The Balaban J connectivity index is 0.00000144. The van der Waals surface area contributed by atoms with Crippen LogP contribution in [0.15, 0.2) is 12.1 Å². The van der Waals surface area contributed by atoms with E-state index in [0.29, 0.717) is 18.8 Å². The van der Waals surface area contributed by atoms with E-state index in [4.69, 9.17) is 21.1 Å². The van der Waals surface area contributed by atoms with E-state index in [1.807, 2.05) is 6.07 Å². The van der Waals surface area contributed by atoms with E-state index in [0.717, 1.165) is 49.1 Å². The molecule has 0 bridgehead atoms. The summed E-state index contributed by atoms with van der Waals surface area (Å²) in [5.41, 5.74) is 1.17. The summed E-state index contributed by atoms with van der Waals surface area (Å²) in [6.45, 7) is 9.05. The van der Waals surface area contributed by atoms with E-state index in [1.165, 1.54) is 12.0 Å². The largest absolute Gasteiger partial charge is 0.454 e. The Morgan fingerprint density at radius 2 is 1.71 bits per heavy atom.